The molecule has 0 bridgehead atoms. The number of nitrogens with one attached hydrogen (secondary N) is 1. The van der Waals surface area contributed by atoms with Gasteiger partial charge in [0.2, 0.25) is 0 Å². The summed E-state index contributed by atoms with van der Waals surface area (Å²) in [7, 11) is 2.24. The fraction of sp³-hybridized carbons (Fsp3) is 1.00. The van der Waals surface area contributed by atoms with E-state index in [1.807, 2.05) is 0 Å². The van der Waals surface area contributed by atoms with Crippen molar-refractivity contribution in [3.05, 3.63) is 0 Å². The quantitative estimate of drug-likeness (QED) is 0.556. The second-order valence-electron chi connectivity index (χ2n) is 4.15. The van der Waals surface area contributed by atoms with Crippen molar-refractivity contribution in [3.63, 3.8) is 0 Å². The summed E-state index contributed by atoms with van der Waals surface area (Å²) in [5.74, 6) is 0. The SMILES string of the molecule is CN1CCC[C@]2(CCCN2)C1. The maximum Gasteiger partial charge on any atom is 0.0309 e. The molecular formula is C9H18N2. The lowest BCUT2D eigenvalue weighted by molar-refractivity contribution is 0.161. The molecule has 0 aromatic rings. The zero-order valence-electron chi connectivity index (χ0n) is 7.40. The molecule has 0 saturated carbocycles. The summed E-state index contributed by atoms with van der Waals surface area (Å²) in [6.07, 6.45) is 5.56. The lowest BCUT2D eigenvalue weighted by atomic mass is 9.88. The summed E-state index contributed by atoms with van der Waals surface area (Å²) < 4.78 is 0. The second-order valence-corrected chi connectivity index (χ2v) is 4.15. The van der Waals surface area contributed by atoms with Crippen LogP contribution in [0.4, 0.5) is 0 Å². The Morgan fingerprint density at radius 1 is 1.27 bits per heavy atom. The van der Waals surface area contributed by atoms with E-state index in [4.69, 9.17) is 0 Å². The van der Waals surface area contributed by atoms with Crippen LogP contribution in [-0.2, 0) is 0 Å². The molecule has 0 aromatic heterocycles. The third-order valence-corrected chi connectivity index (χ3v) is 3.10. The van der Waals surface area contributed by atoms with E-state index in [1.54, 1.807) is 0 Å². The van der Waals surface area contributed by atoms with Gasteiger partial charge in [-0.2, -0.15) is 0 Å². The lowest BCUT2D eigenvalue weighted by Gasteiger charge is -2.38. The molecule has 0 radical (unpaired) electrons. The van der Waals surface area contributed by atoms with E-state index >= 15 is 0 Å². The summed E-state index contributed by atoms with van der Waals surface area (Å²) in [6, 6.07) is 0. The highest BCUT2D eigenvalue weighted by Crippen LogP contribution is 2.28. The first-order valence-corrected chi connectivity index (χ1v) is 4.74. The van der Waals surface area contributed by atoms with Gasteiger partial charge in [-0.15, -0.1) is 0 Å². The number of nitrogens with zero attached hydrogens (tertiary/aromatic N) is 1. The Balaban J connectivity index is 2.00. The van der Waals surface area contributed by atoms with Crippen molar-refractivity contribution in [2.24, 2.45) is 0 Å². The standard InChI is InChI=1S/C9H18N2/c1-11-7-3-5-9(8-11)4-2-6-10-9/h10H,2-8H2,1H3/t9-/m1/s1. The van der Waals surface area contributed by atoms with Gasteiger partial charge < -0.3 is 10.2 Å². The average Bonchev–Trinajstić information content (AvgIpc) is 2.37. The molecule has 64 valence electrons. The fourth-order valence-corrected chi connectivity index (χ4v) is 2.58. The molecule has 0 amide bonds. The molecular weight excluding hydrogens is 136 g/mol. The van der Waals surface area contributed by atoms with Crippen molar-refractivity contribution >= 4 is 0 Å². The van der Waals surface area contributed by atoms with Crippen LogP contribution in [-0.4, -0.2) is 37.1 Å². The van der Waals surface area contributed by atoms with E-state index in [1.165, 1.54) is 45.3 Å². The summed E-state index contributed by atoms with van der Waals surface area (Å²) in [5.41, 5.74) is 0.521. The van der Waals surface area contributed by atoms with Crippen LogP contribution in [0.5, 0.6) is 0 Å². The number of likely N-dealkylation sites (N-methyl/N-ethyl adjacent to an activating group) is 1. The molecule has 2 heterocycles. The smallest absolute Gasteiger partial charge is 0.0309 e. The van der Waals surface area contributed by atoms with Crippen LogP contribution >= 0.6 is 0 Å². The summed E-state index contributed by atoms with van der Waals surface area (Å²) in [5, 5.41) is 3.66. The molecule has 0 unspecified atom stereocenters. The molecule has 1 atom stereocenters. The van der Waals surface area contributed by atoms with Crippen LogP contribution in [0.2, 0.25) is 0 Å². The van der Waals surface area contributed by atoms with Gasteiger partial charge in [0.1, 0.15) is 0 Å². The van der Waals surface area contributed by atoms with Crippen LogP contribution in [0.1, 0.15) is 25.7 Å². The molecule has 2 aliphatic rings. The first kappa shape index (κ1) is 7.56. The number of likely N-dealkylation sites (tertiary alicyclic amines) is 1. The molecule has 0 aliphatic carbocycles. The van der Waals surface area contributed by atoms with Crippen LogP contribution in [0.25, 0.3) is 0 Å². The van der Waals surface area contributed by atoms with Gasteiger partial charge in [-0.05, 0) is 45.8 Å². The highest BCUT2D eigenvalue weighted by atomic mass is 15.2. The van der Waals surface area contributed by atoms with E-state index in [0.717, 1.165) is 0 Å². The molecule has 2 heteroatoms. The van der Waals surface area contributed by atoms with E-state index in [0.29, 0.717) is 5.54 Å². The molecule has 2 aliphatic heterocycles. The minimum Gasteiger partial charge on any atom is -0.310 e. The Morgan fingerprint density at radius 2 is 2.09 bits per heavy atom. The highest BCUT2D eigenvalue weighted by molar-refractivity contribution is 4.97. The highest BCUT2D eigenvalue weighted by Gasteiger charge is 2.36. The number of hydrogen-bond acceptors (Lipinski definition) is 2. The number of rotatable bonds is 0. The maximum atomic E-state index is 3.66. The molecule has 2 nitrogen and oxygen atoms in total. The monoisotopic (exact) mass is 154 g/mol. The van der Waals surface area contributed by atoms with E-state index < -0.39 is 0 Å². The van der Waals surface area contributed by atoms with E-state index in [9.17, 15) is 0 Å². The van der Waals surface area contributed by atoms with Gasteiger partial charge in [-0.3, -0.25) is 0 Å². The van der Waals surface area contributed by atoms with Crippen molar-refractivity contribution in [2.75, 3.05) is 26.7 Å². The molecule has 2 saturated heterocycles. The van der Waals surface area contributed by atoms with Crippen LogP contribution < -0.4 is 5.32 Å². The largest absolute Gasteiger partial charge is 0.310 e. The van der Waals surface area contributed by atoms with Gasteiger partial charge in [0.25, 0.3) is 0 Å². The zero-order chi connectivity index (χ0) is 7.73. The zero-order valence-corrected chi connectivity index (χ0v) is 7.40. The third-order valence-electron chi connectivity index (χ3n) is 3.10. The van der Waals surface area contributed by atoms with Crippen molar-refractivity contribution in [2.45, 2.75) is 31.2 Å². The first-order valence-electron chi connectivity index (χ1n) is 4.74. The predicted molar refractivity (Wildman–Crippen MR) is 46.7 cm³/mol. The first-order chi connectivity index (χ1) is 5.31. The molecule has 1 spiro atoms. The van der Waals surface area contributed by atoms with E-state index in [2.05, 4.69) is 17.3 Å². The molecule has 0 aromatic carbocycles. The Kier molecular flexibility index (Phi) is 1.90. The number of hydrogen-bond donors (Lipinski definition) is 1. The molecule has 11 heavy (non-hydrogen) atoms. The van der Waals surface area contributed by atoms with Crippen LogP contribution in [0, 0.1) is 0 Å². The van der Waals surface area contributed by atoms with Crippen LogP contribution in [0.3, 0.4) is 0 Å². The van der Waals surface area contributed by atoms with Gasteiger partial charge in [0.15, 0.2) is 0 Å². The minimum atomic E-state index is 0.521. The molecule has 2 rings (SSSR count). The van der Waals surface area contributed by atoms with Crippen molar-refractivity contribution in [1.29, 1.82) is 0 Å². The van der Waals surface area contributed by atoms with Gasteiger partial charge in [0.05, 0.1) is 0 Å². The Labute approximate surface area is 69.0 Å². The van der Waals surface area contributed by atoms with E-state index in [-0.39, 0.29) is 0 Å². The normalized spacial score (nSPS) is 40.1. The van der Waals surface area contributed by atoms with Gasteiger partial charge in [0, 0.05) is 12.1 Å². The third kappa shape index (κ3) is 1.42. The van der Waals surface area contributed by atoms with Gasteiger partial charge in [-0.25, -0.2) is 0 Å². The van der Waals surface area contributed by atoms with Crippen LogP contribution in [0.15, 0.2) is 0 Å². The minimum absolute atomic E-state index is 0.521. The average molecular weight is 154 g/mol. The molecule has 1 N–H and O–H groups in total. The summed E-state index contributed by atoms with van der Waals surface area (Å²) in [4.78, 5) is 2.46. The summed E-state index contributed by atoms with van der Waals surface area (Å²) in [6.45, 7) is 3.81. The van der Waals surface area contributed by atoms with Crippen molar-refractivity contribution < 1.29 is 0 Å². The Morgan fingerprint density at radius 3 is 2.73 bits per heavy atom. The summed E-state index contributed by atoms with van der Waals surface area (Å²) >= 11 is 0. The second kappa shape index (κ2) is 2.76. The van der Waals surface area contributed by atoms with Crippen molar-refractivity contribution in [1.82, 2.24) is 10.2 Å². The maximum absolute atomic E-state index is 3.66. The topological polar surface area (TPSA) is 15.3 Å². The lowest BCUT2D eigenvalue weighted by Crippen LogP contribution is -2.52. The molecule has 2 fully saturated rings. The fourth-order valence-electron chi connectivity index (χ4n) is 2.58. The Hall–Kier alpha value is -0.0800. The Bertz CT molecular complexity index is 138. The van der Waals surface area contributed by atoms with Gasteiger partial charge >= 0.3 is 0 Å². The predicted octanol–water partition coefficient (Wildman–Crippen LogP) is 0.834. The number of piperidine rings is 1. The van der Waals surface area contributed by atoms with Crippen molar-refractivity contribution in [3.8, 4) is 0 Å². The van der Waals surface area contributed by atoms with Gasteiger partial charge in [-0.1, -0.05) is 0 Å².